The fourth-order valence-electron chi connectivity index (χ4n) is 2.68. The van der Waals surface area contributed by atoms with Crippen LogP contribution in [0, 0.1) is 5.92 Å². The fourth-order valence-corrected chi connectivity index (χ4v) is 2.68. The molecule has 1 aliphatic rings. The van der Waals surface area contributed by atoms with Crippen LogP contribution in [-0.4, -0.2) is 39.3 Å². The zero-order valence-electron chi connectivity index (χ0n) is 13.1. The highest BCUT2D eigenvalue weighted by Gasteiger charge is 2.12. The summed E-state index contributed by atoms with van der Waals surface area (Å²) in [7, 11) is 1.82. The van der Waals surface area contributed by atoms with Crippen molar-refractivity contribution in [2.24, 2.45) is 10.9 Å². The summed E-state index contributed by atoms with van der Waals surface area (Å²) in [4.78, 5) is 4.21. The zero-order valence-corrected chi connectivity index (χ0v) is 15.4. The Morgan fingerprint density at radius 2 is 1.85 bits per heavy atom. The number of aliphatic imine (C=N–C) groups is 1. The summed E-state index contributed by atoms with van der Waals surface area (Å²) in [5, 5.41) is 6.63. The largest absolute Gasteiger partial charge is 0.380 e. The highest BCUT2D eigenvalue weighted by atomic mass is 127. The number of hydrogen-bond acceptors (Lipinski definition) is 2. The van der Waals surface area contributed by atoms with E-state index in [0.29, 0.717) is 0 Å². The average Bonchev–Trinajstić information content (AvgIpc) is 2.46. The molecule has 0 heterocycles. The van der Waals surface area contributed by atoms with E-state index in [-0.39, 0.29) is 24.0 Å². The Balaban J connectivity index is 0.00000361. The molecule has 2 N–H and O–H groups in total. The van der Waals surface area contributed by atoms with Crippen molar-refractivity contribution in [3.63, 3.8) is 0 Å². The SMILES string of the molecule is CCOCCNC(=NC)NCCCC1CCCCC1.I. The van der Waals surface area contributed by atoms with Gasteiger partial charge < -0.3 is 15.4 Å². The van der Waals surface area contributed by atoms with Gasteiger partial charge in [0.05, 0.1) is 6.61 Å². The van der Waals surface area contributed by atoms with E-state index in [1.807, 2.05) is 14.0 Å². The van der Waals surface area contributed by atoms with E-state index in [1.165, 1.54) is 44.9 Å². The molecule has 120 valence electrons. The second kappa shape index (κ2) is 13.9. The van der Waals surface area contributed by atoms with Crippen molar-refractivity contribution in [1.29, 1.82) is 0 Å². The molecular weight excluding hydrogens is 365 g/mol. The van der Waals surface area contributed by atoms with Gasteiger partial charge in [-0.15, -0.1) is 24.0 Å². The molecule has 0 aromatic rings. The van der Waals surface area contributed by atoms with Gasteiger partial charge in [0.25, 0.3) is 0 Å². The van der Waals surface area contributed by atoms with E-state index in [9.17, 15) is 0 Å². The molecule has 0 aromatic carbocycles. The standard InChI is InChI=1S/C15H31N3O.HI/c1-3-19-13-12-18-15(16-2)17-11-7-10-14-8-5-4-6-9-14;/h14H,3-13H2,1-2H3,(H2,16,17,18);1H. The molecule has 0 unspecified atom stereocenters. The first-order valence-electron chi connectivity index (χ1n) is 7.89. The van der Waals surface area contributed by atoms with Crippen molar-refractivity contribution in [2.75, 3.05) is 33.4 Å². The predicted molar refractivity (Wildman–Crippen MR) is 97.1 cm³/mol. The Morgan fingerprint density at radius 3 is 2.50 bits per heavy atom. The first kappa shape index (κ1) is 20.0. The van der Waals surface area contributed by atoms with E-state index in [0.717, 1.165) is 38.2 Å². The summed E-state index contributed by atoms with van der Waals surface area (Å²) in [5.41, 5.74) is 0. The molecule has 0 radical (unpaired) electrons. The lowest BCUT2D eigenvalue weighted by Crippen LogP contribution is -2.39. The van der Waals surface area contributed by atoms with E-state index in [4.69, 9.17) is 4.74 Å². The van der Waals surface area contributed by atoms with Crippen LogP contribution in [0.1, 0.15) is 51.9 Å². The first-order valence-corrected chi connectivity index (χ1v) is 7.89. The topological polar surface area (TPSA) is 45.6 Å². The van der Waals surface area contributed by atoms with Gasteiger partial charge in [-0.1, -0.05) is 32.1 Å². The second-order valence-corrected chi connectivity index (χ2v) is 5.27. The molecule has 20 heavy (non-hydrogen) atoms. The lowest BCUT2D eigenvalue weighted by molar-refractivity contribution is 0.152. The van der Waals surface area contributed by atoms with Crippen LogP contribution in [0.25, 0.3) is 0 Å². The maximum absolute atomic E-state index is 5.29. The summed E-state index contributed by atoms with van der Waals surface area (Å²) in [6.07, 6.45) is 9.84. The Hall–Kier alpha value is -0.0400. The molecule has 4 nitrogen and oxygen atoms in total. The monoisotopic (exact) mass is 397 g/mol. The van der Waals surface area contributed by atoms with Crippen molar-refractivity contribution < 1.29 is 4.74 Å². The predicted octanol–water partition coefficient (Wildman–Crippen LogP) is 3.17. The quantitative estimate of drug-likeness (QED) is 0.286. The summed E-state index contributed by atoms with van der Waals surface area (Å²) >= 11 is 0. The Labute approximate surface area is 141 Å². The van der Waals surface area contributed by atoms with Crippen LogP contribution >= 0.6 is 24.0 Å². The summed E-state index contributed by atoms with van der Waals surface area (Å²) < 4.78 is 5.29. The molecule has 5 heteroatoms. The van der Waals surface area contributed by atoms with Crippen LogP contribution in [0.5, 0.6) is 0 Å². The van der Waals surface area contributed by atoms with Crippen LogP contribution in [0.15, 0.2) is 4.99 Å². The number of rotatable bonds is 8. The molecular formula is C15H32IN3O. The number of hydrogen-bond donors (Lipinski definition) is 2. The molecule has 1 fully saturated rings. The molecule has 1 aliphatic carbocycles. The van der Waals surface area contributed by atoms with Crippen molar-refractivity contribution >= 4 is 29.9 Å². The first-order chi connectivity index (χ1) is 9.36. The van der Waals surface area contributed by atoms with Crippen LogP contribution < -0.4 is 10.6 Å². The molecule has 0 saturated heterocycles. The summed E-state index contributed by atoms with van der Waals surface area (Å²) in [5.74, 6) is 1.87. The molecule has 0 spiro atoms. The van der Waals surface area contributed by atoms with E-state index < -0.39 is 0 Å². The van der Waals surface area contributed by atoms with Crippen molar-refractivity contribution in [3.8, 4) is 0 Å². The van der Waals surface area contributed by atoms with Crippen molar-refractivity contribution in [1.82, 2.24) is 10.6 Å². The van der Waals surface area contributed by atoms with E-state index >= 15 is 0 Å². The van der Waals surface area contributed by atoms with Crippen LogP contribution in [-0.2, 0) is 4.74 Å². The highest BCUT2D eigenvalue weighted by molar-refractivity contribution is 14.0. The lowest BCUT2D eigenvalue weighted by atomic mass is 9.86. The van der Waals surface area contributed by atoms with E-state index in [1.54, 1.807) is 0 Å². The third-order valence-corrected chi connectivity index (χ3v) is 3.77. The van der Waals surface area contributed by atoms with Crippen molar-refractivity contribution in [3.05, 3.63) is 0 Å². The molecule has 0 amide bonds. The maximum atomic E-state index is 5.29. The van der Waals surface area contributed by atoms with Crippen LogP contribution in [0.4, 0.5) is 0 Å². The number of halogens is 1. The van der Waals surface area contributed by atoms with Gasteiger partial charge in [0.2, 0.25) is 0 Å². The maximum Gasteiger partial charge on any atom is 0.191 e. The number of nitrogens with zero attached hydrogens (tertiary/aromatic N) is 1. The van der Waals surface area contributed by atoms with Crippen molar-refractivity contribution in [2.45, 2.75) is 51.9 Å². The zero-order chi connectivity index (χ0) is 13.8. The van der Waals surface area contributed by atoms with Gasteiger partial charge in [-0.25, -0.2) is 0 Å². The average molecular weight is 397 g/mol. The molecule has 0 bridgehead atoms. The Bertz CT molecular complexity index is 243. The third-order valence-electron chi connectivity index (χ3n) is 3.77. The molecule has 1 saturated carbocycles. The van der Waals surface area contributed by atoms with Crippen LogP contribution in [0.3, 0.4) is 0 Å². The number of nitrogens with one attached hydrogen (secondary N) is 2. The molecule has 0 atom stereocenters. The minimum absolute atomic E-state index is 0. The summed E-state index contributed by atoms with van der Waals surface area (Å²) in [6.45, 7) is 5.35. The minimum atomic E-state index is 0. The second-order valence-electron chi connectivity index (χ2n) is 5.27. The third kappa shape index (κ3) is 9.80. The molecule has 0 aliphatic heterocycles. The minimum Gasteiger partial charge on any atom is -0.380 e. The number of ether oxygens (including phenoxy) is 1. The Kier molecular flexibility index (Phi) is 13.9. The lowest BCUT2D eigenvalue weighted by Gasteiger charge is -2.21. The van der Waals surface area contributed by atoms with Gasteiger partial charge in [0, 0.05) is 26.7 Å². The molecule has 0 aromatic heterocycles. The van der Waals surface area contributed by atoms with Gasteiger partial charge in [-0.2, -0.15) is 0 Å². The van der Waals surface area contributed by atoms with Gasteiger partial charge in [-0.3, -0.25) is 4.99 Å². The van der Waals surface area contributed by atoms with E-state index in [2.05, 4.69) is 15.6 Å². The Morgan fingerprint density at radius 1 is 1.15 bits per heavy atom. The van der Waals surface area contributed by atoms with Gasteiger partial charge >= 0.3 is 0 Å². The molecule has 1 rings (SSSR count). The summed E-state index contributed by atoms with van der Waals surface area (Å²) in [6, 6.07) is 0. The van der Waals surface area contributed by atoms with Gasteiger partial charge in [0.1, 0.15) is 0 Å². The fraction of sp³-hybridized carbons (Fsp3) is 0.933. The van der Waals surface area contributed by atoms with Gasteiger partial charge in [0.15, 0.2) is 5.96 Å². The normalized spacial score (nSPS) is 16.6. The smallest absolute Gasteiger partial charge is 0.191 e. The van der Waals surface area contributed by atoms with Gasteiger partial charge in [-0.05, 0) is 25.7 Å². The highest BCUT2D eigenvalue weighted by Crippen LogP contribution is 2.26. The van der Waals surface area contributed by atoms with Crippen LogP contribution in [0.2, 0.25) is 0 Å². The number of guanidine groups is 1.